The van der Waals surface area contributed by atoms with Crippen LogP contribution in [0.2, 0.25) is 0 Å². The molecule has 2 rings (SSSR count). The highest BCUT2D eigenvalue weighted by atomic mass is 16.5. The van der Waals surface area contributed by atoms with E-state index in [1.807, 2.05) is 0 Å². The van der Waals surface area contributed by atoms with Crippen LogP contribution >= 0.6 is 0 Å². The number of carbonyl (C=O) groups excluding carboxylic acids is 1. The maximum atomic E-state index is 11.5. The topological polar surface area (TPSA) is 67.9 Å². The van der Waals surface area contributed by atoms with Gasteiger partial charge in [-0.3, -0.25) is 10.1 Å². The van der Waals surface area contributed by atoms with E-state index in [1.165, 1.54) is 6.20 Å². The number of H-pyrrole nitrogens is 1. The molecule has 0 saturated heterocycles. The molecule has 5 nitrogen and oxygen atoms in total. The number of esters is 1. The van der Waals surface area contributed by atoms with E-state index < -0.39 is 0 Å². The molecule has 0 saturated carbocycles. The fourth-order valence-corrected chi connectivity index (χ4v) is 1.24. The SMILES string of the molecule is CCOC(=O)c1cncc2[nH]ncc12. The third-order valence-electron chi connectivity index (χ3n) is 1.86. The Morgan fingerprint density at radius 1 is 1.50 bits per heavy atom. The van der Waals surface area contributed by atoms with Crippen molar-refractivity contribution in [1.82, 2.24) is 15.2 Å². The number of nitrogens with zero attached hydrogens (tertiary/aromatic N) is 2. The van der Waals surface area contributed by atoms with Crippen LogP contribution in [-0.2, 0) is 4.74 Å². The molecule has 0 aromatic carbocycles. The first-order chi connectivity index (χ1) is 6.83. The summed E-state index contributed by atoms with van der Waals surface area (Å²) < 4.78 is 4.88. The van der Waals surface area contributed by atoms with Gasteiger partial charge >= 0.3 is 5.97 Å². The van der Waals surface area contributed by atoms with Gasteiger partial charge in [0.15, 0.2) is 0 Å². The van der Waals surface area contributed by atoms with E-state index in [-0.39, 0.29) is 5.97 Å². The lowest BCUT2D eigenvalue weighted by molar-refractivity contribution is 0.0528. The van der Waals surface area contributed by atoms with E-state index in [2.05, 4.69) is 15.2 Å². The average molecular weight is 191 g/mol. The van der Waals surface area contributed by atoms with Crippen molar-refractivity contribution in [3.63, 3.8) is 0 Å². The largest absolute Gasteiger partial charge is 0.462 e. The second-order valence-corrected chi connectivity index (χ2v) is 2.74. The molecular weight excluding hydrogens is 182 g/mol. The quantitative estimate of drug-likeness (QED) is 0.722. The van der Waals surface area contributed by atoms with Crippen LogP contribution in [0, 0.1) is 0 Å². The Labute approximate surface area is 80.1 Å². The molecule has 14 heavy (non-hydrogen) atoms. The second-order valence-electron chi connectivity index (χ2n) is 2.74. The summed E-state index contributed by atoms with van der Waals surface area (Å²) in [5.74, 6) is -0.369. The van der Waals surface area contributed by atoms with Gasteiger partial charge in [0.2, 0.25) is 0 Å². The zero-order valence-electron chi connectivity index (χ0n) is 7.65. The average Bonchev–Trinajstić information content (AvgIpc) is 2.65. The van der Waals surface area contributed by atoms with Crippen molar-refractivity contribution in [1.29, 1.82) is 0 Å². The number of pyridine rings is 1. The summed E-state index contributed by atoms with van der Waals surface area (Å²) >= 11 is 0. The number of hydrogen-bond donors (Lipinski definition) is 1. The van der Waals surface area contributed by atoms with Crippen LogP contribution in [0.4, 0.5) is 0 Å². The zero-order chi connectivity index (χ0) is 9.97. The minimum atomic E-state index is -0.369. The van der Waals surface area contributed by atoms with Gasteiger partial charge in [-0.25, -0.2) is 4.79 Å². The first-order valence-electron chi connectivity index (χ1n) is 4.27. The van der Waals surface area contributed by atoms with Crippen molar-refractivity contribution < 1.29 is 9.53 Å². The van der Waals surface area contributed by atoms with Gasteiger partial charge in [0.1, 0.15) is 0 Å². The predicted molar refractivity (Wildman–Crippen MR) is 49.8 cm³/mol. The Hall–Kier alpha value is -1.91. The molecule has 5 heteroatoms. The Kier molecular flexibility index (Phi) is 2.14. The van der Waals surface area contributed by atoms with Gasteiger partial charge in [-0.2, -0.15) is 5.10 Å². The number of aromatic nitrogens is 3. The summed E-state index contributed by atoms with van der Waals surface area (Å²) in [5, 5.41) is 7.30. The number of carbonyl (C=O) groups is 1. The number of ether oxygens (including phenoxy) is 1. The molecule has 0 atom stereocenters. The summed E-state index contributed by atoms with van der Waals surface area (Å²) in [6, 6.07) is 0. The molecular formula is C9H9N3O2. The lowest BCUT2D eigenvalue weighted by atomic mass is 10.2. The first-order valence-corrected chi connectivity index (χ1v) is 4.27. The predicted octanol–water partition coefficient (Wildman–Crippen LogP) is 1.13. The van der Waals surface area contributed by atoms with E-state index in [9.17, 15) is 4.79 Å². The van der Waals surface area contributed by atoms with Gasteiger partial charge < -0.3 is 4.74 Å². The van der Waals surface area contributed by atoms with Gasteiger partial charge in [-0.05, 0) is 6.92 Å². The van der Waals surface area contributed by atoms with Crippen LogP contribution in [0.3, 0.4) is 0 Å². The van der Waals surface area contributed by atoms with Crippen LogP contribution in [0.15, 0.2) is 18.6 Å². The monoisotopic (exact) mass is 191 g/mol. The van der Waals surface area contributed by atoms with Crippen molar-refractivity contribution in [2.24, 2.45) is 0 Å². The Balaban J connectivity index is 2.50. The molecule has 0 aliphatic rings. The number of hydrogen-bond acceptors (Lipinski definition) is 4. The highest BCUT2D eigenvalue weighted by Gasteiger charge is 2.11. The second kappa shape index (κ2) is 3.45. The molecule has 2 aromatic heterocycles. The lowest BCUT2D eigenvalue weighted by Crippen LogP contribution is -2.05. The molecule has 0 fully saturated rings. The third kappa shape index (κ3) is 1.32. The van der Waals surface area contributed by atoms with Gasteiger partial charge in [0.05, 0.1) is 30.1 Å². The fraction of sp³-hybridized carbons (Fsp3) is 0.222. The number of nitrogens with one attached hydrogen (secondary N) is 1. The Bertz CT molecular complexity index is 464. The van der Waals surface area contributed by atoms with Crippen LogP contribution < -0.4 is 0 Å². The van der Waals surface area contributed by atoms with Crippen LogP contribution in [-0.4, -0.2) is 27.8 Å². The van der Waals surface area contributed by atoms with E-state index in [1.54, 1.807) is 19.3 Å². The molecule has 0 aliphatic heterocycles. The maximum Gasteiger partial charge on any atom is 0.340 e. The molecule has 0 bridgehead atoms. The summed E-state index contributed by atoms with van der Waals surface area (Å²) in [7, 11) is 0. The van der Waals surface area contributed by atoms with Crippen LogP contribution in [0.5, 0.6) is 0 Å². The molecule has 72 valence electrons. The van der Waals surface area contributed by atoms with E-state index in [4.69, 9.17) is 4.74 Å². The van der Waals surface area contributed by atoms with Crippen molar-refractivity contribution in [3.05, 3.63) is 24.2 Å². The number of fused-ring (bicyclic) bond motifs is 1. The molecule has 0 radical (unpaired) electrons. The van der Waals surface area contributed by atoms with Crippen molar-refractivity contribution in [3.8, 4) is 0 Å². The molecule has 0 amide bonds. The standard InChI is InChI=1S/C9H9N3O2/c1-2-14-9(13)7-3-10-5-8-6(7)4-11-12-8/h3-5H,2H2,1H3,(H,11,12). The van der Waals surface area contributed by atoms with Crippen LogP contribution in [0.1, 0.15) is 17.3 Å². The number of rotatable bonds is 2. The van der Waals surface area contributed by atoms with Gasteiger partial charge in [0, 0.05) is 11.6 Å². The smallest absolute Gasteiger partial charge is 0.340 e. The maximum absolute atomic E-state index is 11.5. The third-order valence-corrected chi connectivity index (χ3v) is 1.86. The summed E-state index contributed by atoms with van der Waals surface area (Å²) in [6.45, 7) is 2.12. The summed E-state index contributed by atoms with van der Waals surface area (Å²) in [4.78, 5) is 15.4. The minimum absolute atomic E-state index is 0.354. The summed E-state index contributed by atoms with van der Waals surface area (Å²) in [6.07, 6.45) is 4.68. The first kappa shape index (κ1) is 8.68. The van der Waals surface area contributed by atoms with Gasteiger partial charge in [0.25, 0.3) is 0 Å². The Morgan fingerprint density at radius 3 is 3.14 bits per heavy atom. The van der Waals surface area contributed by atoms with Gasteiger partial charge in [-0.1, -0.05) is 0 Å². The fourth-order valence-electron chi connectivity index (χ4n) is 1.24. The highest BCUT2D eigenvalue weighted by Crippen LogP contribution is 2.14. The molecule has 1 N–H and O–H groups in total. The molecule has 0 spiro atoms. The normalized spacial score (nSPS) is 10.4. The zero-order valence-corrected chi connectivity index (χ0v) is 7.65. The summed E-state index contributed by atoms with van der Waals surface area (Å²) in [5.41, 5.74) is 1.17. The van der Waals surface area contributed by atoms with E-state index >= 15 is 0 Å². The van der Waals surface area contributed by atoms with Crippen LogP contribution in [0.25, 0.3) is 10.9 Å². The molecule has 0 aliphatic carbocycles. The number of aromatic amines is 1. The molecule has 2 heterocycles. The lowest BCUT2D eigenvalue weighted by Gasteiger charge is -2.01. The molecule has 0 unspecified atom stereocenters. The van der Waals surface area contributed by atoms with E-state index in [0.717, 1.165) is 10.9 Å². The van der Waals surface area contributed by atoms with E-state index in [0.29, 0.717) is 12.2 Å². The van der Waals surface area contributed by atoms with Crippen molar-refractivity contribution in [2.45, 2.75) is 6.92 Å². The molecule has 2 aromatic rings. The Morgan fingerprint density at radius 2 is 2.36 bits per heavy atom. The minimum Gasteiger partial charge on any atom is -0.462 e. The van der Waals surface area contributed by atoms with Crippen molar-refractivity contribution in [2.75, 3.05) is 6.61 Å². The van der Waals surface area contributed by atoms with Gasteiger partial charge in [-0.15, -0.1) is 0 Å². The highest BCUT2D eigenvalue weighted by molar-refractivity contribution is 6.02. The van der Waals surface area contributed by atoms with Crippen molar-refractivity contribution >= 4 is 16.9 Å².